The zero-order valence-electron chi connectivity index (χ0n) is 14.0. The summed E-state index contributed by atoms with van der Waals surface area (Å²) in [5, 5.41) is 18.2. The fourth-order valence-corrected chi connectivity index (χ4v) is 2.67. The molecular formula is C16H15N3O7S. The van der Waals surface area contributed by atoms with Crippen LogP contribution in [-0.2, 0) is 19.6 Å². The summed E-state index contributed by atoms with van der Waals surface area (Å²) in [5.74, 6) is -1.73. The van der Waals surface area contributed by atoms with E-state index in [4.69, 9.17) is 9.88 Å². The Morgan fingerprint density at radius 2 is 1.89 bits per heavy atom. The van der Waals surface area contributed by atoms with Gasteiger partial charge in [-0.3, -0.25) is 14.9 Å². The second kappa shape index (κ2) is 7.93. The van der Waals surface area contributed by atoms with Gasteiger partial charge in [-0.2, -0.15) is 0 Å². The first kappa shape index (κ1) is 20.0. The van der Waals surface area contributed by atoms with Crippen molar-refractivity contribution >= 4 is 33.3 Å². The van der Waals surface area contributed by atoms with E-state index in [0.29, 0.717) is 5.56 Å². The van der Waals surface area contributed by atoms with E-state index < -0.39 is 33.4 Å². The lowest BCUT2D eigenvalue weighted by Crippen LogP contribution is -2.22. The molecule has 0 saturated carbocycles. The summed E-state index contributed by atoms with van der Waals surface area (Å²) in [6.45, 7) is 0.834. The van der Waals surface area contributed by atoms with Crippen LogP contribution >= 0.6 is 0 Å². The first-order valence-electron chi connectivity index (χ1n) is 7.43. The molecule has 0 unspecified atom stereocenters. The van der Waals surface area contributed by atoms with Crippen LogP contribution in [0, 0.1) is 17.0 Å². The van der Waals surface area contributed by atoms with Gasteiger partial charge in [0.15, 0.2) is 6.61 Å². The molecule has 0 aromatic heterocycles. The Bertz CT molecular complexity index is 1020. The number of primary sulfonamides is 1. The lowest BCUT2D eigenvalue weighted by atomic mass is 10.1. The van der Waals surface area contributed by atoms with Crippen molar-refractivity contribution in [2.75, 3.05) is 11.9 Å². The molecule has 2 aromatic rings. The number of hydrogen-bond acceptors (Lipinski definition) is 7. The zero-order chi connectivity index (χ0) is 20.2. The summed E-state index contributed by atoms with van der Waals surface area (Å²) in [7, 11) is -4.01. The third kappa shape index (κ3) is 5.09. The van der Waals surface area contributed by atoms with Gasteiger partial charge in [-0.15, -0.1) is 0 Å². The van der Waals surface area contributed by atoms with Crippen LogP contribution in [0.3, 0.4) is 0 Å². The number of nitrogens with one attached hydrogen (secondary N) is 1. The van der Waals surface area contributed by atoms with Crippen molar-refractivity contribution in [3.05, 3.63) is 63.7 Å². The van der Waals surface area contributed by atoms with Crippen molar-refractivity contribution < 1.29 is 27.7 Å². The van der Waals surface area contributed by atoms with Gasteiger partial charge < -0.3 is 10.1 Å². The normalized spacial score (nSPS) is 10.9. The summed E-state index contributed by atoms with van der Waals surface area (Å²) in [5.41, 5.74) is -0.00338. The van der Waals surface area contributed by atoms with Crippen LogP contribution in [0.1, 0.15) is 15.9 Å². The van der Waals surface area contributed by atoms with Crippen LogP contribution < -0.4 is 10.5 Å². The number of esters is 1. The van der Waals surface area contributed by atoms with Crippen molar-refractivity contribution in [2.24, 2.45) is 5.14 Å². The standard InChI is InChI=1S/C16H15N3O7S/c1-10-6-7-11(27(17,24)25)8-12(10)16(21)26-9-15(20)18-13-4-2-3-5-14(13)19(22)23/h2-8H,9H2,1H3,(H,18,20)(H2,17,24,25). The van der Waals surface area contributed by atoms with Crippen LogP contribution in [0.2, 0.25) is 0 Å². The number of nitrogens with zero attached hydrogens (tertiary/aromatic N) is 1. The molecule has 11 heteroatoms. The summed E-state index contributed by atoms with van der Waals surface area (Å²) in [6.07, 6.45) is 0. The minimum atomic E-state index is -4.01. The third-order valence-corrected chi connectivity index (χ3v) is 4.38. The fourth-order valence-electron chi connectivity index (χ4n) is 2.13. The number of hydrogen-bond donors (Lipinski definition) is 2. The number of anilines is 1. The number of aryl methyl sites for hydroxylation is 1. The van der Waals surface area contributed by atoms with Gasteiger partial charge in [-0.25, -0.2) is 18.4 Å². The third-order valence-electron chi connectivity index (χ3n) is 3.47. The maximum absolute atomic E-state index is 12.1. The minimum absolute atomic E-state index is 0.0454. The second-order valence-electron chi connectivity index (χ2n) is 5.42. The number of amides is 1. The van der Waals surface area contributed by atoms with Gasteiger partial charge in [0.1, 0.15) is 5.69 Å². The van der Waals surface area contributed by atoms with Crippen molar-refractivity contribution in [3.63, 3.8) is 0 Å². The highest BCUT2D eigenvalue weighted by atomic mass is 32.2. The van der Waals surface area contributed by atoms with E-state index in [1.165, 1.54) is 36.4 Å². The molecule has 0 atom stereocenters. The van der Waals surface area contributed by atoms with Gasteiger partial charge in [-0.1, -0.05) is 18.2 Å². The van der Waals surface area contributed by atoms with E-state index >= 15 is 0 Å². The maximum Gasteiger partial charge on any atom is 0.338 e. The Labute approximate surface area is 154 Å². The quantitative estimate of drug-likeness (QED) is 0.425. The van der Waals surface area contributed by atoms with Crippen LogP contribution in [0.15, 0.2) is 47.4 Å². The molecule has 0 bridgehead atoms. The van der Waals surface area contributed by atoms with E-state index in [0.717, 1.165) is 6.07 Å². The van der Waals surface area contributed by atoms with Crippen molar-refractivity contribution in [2.45, 2.75) is 11.8 Å². The summed E-state index contributed by atoms with van der Waals surface area (Å²) in [6, 6.07) is 9.15. The molecule has 0 fully saturated rings. The first-order valence-corrected chi connectivity index (χ1v) is 8.98. The summed E-state index contributed by atoms with van der Waals surface area (Å²) < 4.78 is 27.6. The number of sulfonamides is 1. The number of nitrogens with two attached hydrogens (primary N) is 1. The molecule has 142 valence electrons. The van der Waals surface area contributed by atoms with Gasteiger partial charge in [0.05, 0.1) is 15.4 Å². The first-order chi connectivity index (χ1) is 12.6. The van der Waals surface area contributed by atoms with Gasteiger partial charge >= 0.3 is 5.97 Å². The van der Waals surface area contributed by atoms with Gasteiger partial charge in [-0.05, 0) is 30.7 Å². The molecule has 2 aromatic carbocycles. The fraction of sp³-hybridized carbons (Fsp3) is 0.125. The number of carbonyl (C=O) groups is 2. The number of benzene rings is 2. The van der Waals surface area contributed by atoms with Crippen LogP contribution in [0.5, 0.6) is 0 Å². The monoisotopic (exact) mass is 393 g/mol. The van der Waals surface area contributed by atoms with Crippen molar-refractivity contribution in [3.8, 4) is 0 Å². The van der Waals surface area contributed by atoms with Crippen molar-refractivity contribution in [1.29, 1.82) is 0 Å². The second-order valence-corrected chi connectivity index (χ2v) is 6.98. The highest BCUT2D eigenvalue weighted by Gasteiger charge is 2.19. The molecule has 0 saturated heterocycles. The molecule has 0 spiro atoms. The highest BCUT2D eigenvalue weighted by molar-refractivity contribution is 7.89. The predicted molar refractivity (Wildman–Crippen MR) is 94.6 cm³/mol. The topological polar surface area (TPSA) is 159 Å². The average Bonchev–Trinajstić information content (AvgIpc) is 2.59. The van der Waals surface area contributed by atoms with Crippen molar-refractivity contribution in [1.82, 2.24) is 0 Å². The molecule has 27 heavy (non-hydrogen) atoms. The molecule has 1 amide bonds. The Hall–Kier alpha value is -3.31. The molecular weight excluding hydrogens is 378 g/mol. The van der Waals surface area contributed by atoms with Crippen LogP contribution in [-0.4, -0.2) is 31.8 Å². The Balaban J connectivity index is 2.08. The summed E-state index contributed by atoms with van der Waals surface area (Å²) in [4.78, 5) is 34.0. The van der Waals surface area contributed by atoms with Gasteiger partial charge in [0, 0.05) is 6.07 Å². The number of ether oxygens (including phenoxy) is 1. The smallest absolute Gasteiger partial charge is 0.338 e. The van der Waals surface area contributed by atoms with E-state index in [2.05, 4.69) is 5.32 Å². The number of nitro groups is 1. The molecule has 10 nitrogen and oxygen atoms in total. The van der Waals surface area contributed by atoms with Gasteiger partial charge in [0.2, 0.25) is 10.0 Å². The van der Waals surface area contributed by atoms with E-state index in [-0.39, 0.29) is 21.8 Å². The van der Waals surface area contributed by atoms with Crippen LogP contribution in [0.4, 0.5) is 11.4 Å². The molecule has 0 radical (unpaired) electrons. The molecule has 0 aliphatic carbocycles. The molecule has 0 aliphatic rings. The number of nitro benzene ring substituents is 1. The Morgan fingerprint density at radius 3 is 2.52 bits per heavy atom. The molecule has 2 rings (SSSR count). The Kier molecular flexibility index (Phi) is 5.88. The minimum Gasteiger partial charge on any atom is -0.452 e. The lowest BCUT2D eigenvalue weighted by molar-refractivity contribution is -0.383. The van der Waals surface area contributed by atoms with E-state index in [1.807, 2.05) is 0 Å². The summed E-state index contributed by atoms with van der Waals surface area (Å²) >= 11 is 0. The SMILES string of the molecule is Cc1ccc(S(N)(=O)=O)cc1C(=O)OCC(=O)Nc1ccccc1[N+](=O)[O-]. The molecule has 3 N–H and O–H groups in total. The van der Waals surface area contributed by atoms with E-state index in [1.54, 1.807) is 6.92 Å². The number of para-hydroxylation sites is 2. The largest absolute Gasteiger partial charge is 0.452 e. The van der Waals surface area contributed by atoms with Gasteiger partial charge in [0.25, 0.3) is 11.6 Å². The number of carbonyl (C=O) groups excluding carboxylic acids is 2. The zero-order valence-corrected chi connectivity index (χ0v) is 14.9. The van der Waals surface area contributed by atoms with Crippen LogP contribution in [0.25, 0.3) is 0 Å². The molecule has 0 heterocycles. The lowest BCUT2D eigenvalue weighted by Gasteiger charge is -2.09. The Morgan fingerprint density at radius 1 is 1.22 bits per heavy atom. The average molecular weight is 393 g/mol. The number of rotatable bonds is 6. The molecule has 0 aliphatic heterocycles. The predicted octanol–water partition coefficient (Wildman–Crippen LogP) is 1.35. The highest BCUT2D eigenvalue weighted by Crippen LogP contribution is 2.23. The van der Waals surface area contributed by atoms with E-state index in [9.17, 15) is 28.1 Å². The maximum atomic E-state index is 12.1.